The Morgan fingerprint density at radius 3 is 2.78 bits per heavy atom. The van der Waals surface area contributed by atoms with E-state index < -0.39 is 29.3 Å². The fraction of sp³-hybridized carbons (Fsp3) is 0.722. The molecule has 176 valence electrons. The van der Waals surface area contributed by atoms with Gasteiger partial charge in [0.05, 0.1) is 13.2 Å². The first-order valence-corrected chi connectivity index (χ1v) is 11.4. The topological polar surface area (TPSA) is 177 Å². The first kappa shape index (κ1) is 24.1. The Bertz CT molecular complexity index is 785. The van der Waals surface area contributed by atoms with Crippen molar-refractivity contribution in [2.24, 2.45) is 32.4 Å². The minimum atomic E-state index is -0.840. The molecule has 0 radical (unpaired) electrons. The average Bonchev–Trinajstić information content (AvgIpc) is 3.21. The smallest absolute Gasteiger partial charge is 0.315 e. The number of rotatable bonds is 8. The van der Waals surface area contributed by atoms with Crippen molar-refractivity contribution in [1.82, 2.24) is 15.5 Å². The normalized spacial score (nSPS) is 28.4. The molecule has 0 bridgehead atoms. The van der Waals surface area contributed by atoms with Crippen molar-refractivity contribution in [3.05, 3.63) is 22.3 Å². The van der Waals surface area contributed by atoms with Gasteiger partial charge in [0.1, 0.15) is 11.3 Å². The molecule has 0 aromatic carbocycles. The molecular formula is C18H28N8O5S. The zero-order chi connectivity index (χ0) is 22.9. The highest BCUT2D eigenvalue weighted by molar-refractivity contribution is 7.99. The summed E-state index contributed by atoms with van der Waals surface area (Å²) in [5, 5.41) is 22.4. The molecule has 1 fully saturated rings. The second-order valence-corrected chi connectivity index (χ2v) is 8.60. The zero-order valence-electron chi connectivity index (χ0n) is 17.6. The third kappa shape index (κ3) is 6.46. The summed E-state index contributed by atoms with van der Waals surface area (Å²) in [6.07, 6.45) is 4.84. The molecule has 1 aliphatic carbocycles. The van der Waals surface area contributed by atoms with Crippen LogP contribution in [0.4, 0.5) is 4.79 Å². The third-order valence-corrected chi connectivity index (χ3v) is 6.55. The number of amides is 3. The van der Waals surface area contributed by atoms with E-state index in [1.54, 1.807) is 6.08 Å². The maximum Gasteiger partial charge on any atom is 0.315 e. The van der Waals surface area contributed by atoms with Crippen molar-refractivity contribution in [2.45, 2.75) is 30.7 Å². The number of nitro groups is 1. The van der Waals surface area contributed by atoms with E-state index in [-0.39, 0.29) is 10.8 Å². The quantitative estimate of drug-likeness (QED) is 0.0877. The number of carbonyl (C=O) groups is 2. The van der Waals surface area contributed by atoms with Crippen molar-refractivity contribution in [3.8, 4) is 0 Å². The molecule has 0 spiro atoms. The number of allylic oxidation sites excluding steroid dienone is 1. The second-order valence-electron chi connectivity index (χ2n) is 7.70. The van der Waals surface area contributed by atoms with E-state index in [0.717, 1.165) is 51.2 Å². The summed E-state index contributed by atoms with van der Waals surface area (Å²) in [6.45, 7) is 4.60. The molecule has 3 rings (SSSR count). The van der Waals surface area contributed by atoms with E-state index in [1.165, 1.54) is 6.08 Å². The molecule has 4 atom stereocenters. The number of nitrogens with two attached hydrogens (primary N) is 1. The van der Waals surface area contributed by atoms with Crippen LogP contribution >= 0.6 is 11.9 Å². The van der Waals surface area contributed by atoms with Crippen LogP contribution in [0.3, 0.4) is 0 Å². The van der Waals surface area contributed by atoms with Crippen molar-refractivity contribution < 1.29 is 19.2 Å². The lowest BCUT2D eigenvalue weighted by atomic mass is 9.83. The highest BCUT2D eigenvalue weighted by atomic mass is 32.2. The average molecular weight is 469 g/mol. The first-order chi connectivity index (χ1) is 15.5. The molecule has 14 heteroatoms. The van der Waals surface area contributed by atoms with Gasteiger partial charge in [-0.3, -0.25) is 19.8 Å². The van der Waals surface area contributed by atoms with Gasteiger partial charge in [-0.25, -0.2) is 9.19 Å². The second kappa shape index (κ2) is 11.9. The van der Waals surface area contributed by atoms with Crippen LogP contribution in [0.1, 0.15) is 19.3 Å². The molecule has 4 unspecified atom stereocenters. The number of nitrogens with one attached hydrogen (secondary N) is 2. The minimum absolute atomic E-state index is 0.246. The minimum Gasteiger partial charge on any atom is -0.379 e. The predicted octanol–water partition coefficient (Wildman–Crippen LogP) is 0.517. The summed E-state index contributed by atoms with van der Waals surface area (Å²) in [5.74, 6) is 3.35. The summed E-state index contributed by atoms with van der Waals surface area (Å²) in [7, 11) is 0. The molecule has 13 nitrogen and oxygen atoms in total. The Kier molecular flexibility index (Phi) is 8.93. The third-order valence-electron chi connectivity index (χ3n) is 5.62. The standard InChI is InChI=1S/C18H28N8O5S/c19-24-22-16(27)14-15(12-2-4-13(5-3-12)26(29)30)23-32-17(14)21-18(28)20-6-1-7-25-8-10-31-11-9-25/h2,4,12-14,17H,1,3,5-11H2,(H2,19,22,27)(H2,20,21,28). The van der Waals surface area contributed by atoms with Gasteiger partial charge in [0.15, 0.2) is 0 Å². The zero-order valence-corrected chi connectivity index (χ0v) is 18.4. The van der Waals surface area contributed by atoms with Gasteiger partial charge in [0, 0.05) is 42.6 Å². The SMILES string of the molecule is NN=NC(=O)C1C(C2C=CC([N+](=O)[O-])CC2)=NSC1NC(=O)NCCCN1CCOCC1. The number of nitrogens with zero attached hydrogens (tertiary/aromatic N) is 5. The van der Waals surface area contributed by atoms with Gasteiger partial charge in [-0.15, -0.1) is 0 Å². The van der Waals surface area contributed by atoms with Gasteiger partial charge in [0.2, 0.25) is 6.04 Å². The van der Waals surface area contributed by atoms with Gasteiger partial charge in [-0.1, -0.05) is 16.4 Å². The maximum atomic E-state index is 12.5. The largest absolute Gasteiger partial charge is 0.379 e. The summed E-state index contributed by atoms with van der Waals surface area (Å²) < 4.78 is 9.71. The van der Waals surface area contributed by atoms with E-state index >= 15 is 0 Å². The van der Waals surface area contributed by atoms with E-state index in [4.69, 9.17) is 10.6 Å². The molecular weight excluding hydrogens is 440 g/mol. The van der Waals surface area contributed by atoms with E-state index in [2.05, 4.69) is 30.3 Å². The monoisotopic (exact) mass is 468 g/mol. The molecule has 32 heavy (non-hydrogen) atoms. The van der Waals surface area contributed by atoms with Crippen LogP contribution in [0.25, 0.3) is 0 Å². The lowest BCUT2D eigenvalue weighted by molar-refractivity contribution is -0.511. The molecule has 1 saturated heterocycles. The number of morpholine rings is 1. The van der Waals surface area contributed by atoms with Crippen LogP contribution in [0.5, 0.6) is 0 Å². The van der Waals surface area contributed by atoms with E-state index in [1.807, 2.05) is 0 Å². The molecule has 3 amide bonds. The summed E-state index contributed by atoms with van der Waals surface area (Å²) in [4.78, 5) is 37.8. The van der Waals surface area contributed by atoms with Crippen LogP contribution in [0.2, 0.25) is 0 Å². The van der Waals surface area contributed by atoms with Gasteiger partial charge >= 0.3 is 6.03 Å². The molecule has 2 heterocycles. The molecule has 0 aromatic heterocycles. The van der Waals surface area contributed by atoms with Gasteiger partial charge in [0.25, 0.3) is 5.91 Å². The summed E-state index contributed by atoms with van der Waals surface area (Å²) >= 11 is 1.07. The summed E-state index contributed by atoms with van der Waals surface area (Å²) in [5.41, 5.74) is 0.517. The fourth-order valence-electron chi connectivity index (χ4n) is 3.91. The Morgan fingerprint density at radius 2 is 2.12 bits per heavy atom. The number of hydrogen-bond acceptors (Lipinski definition) is 9. The van der Waals surface area contributed by atoms with Crippen molar-refractivity contribution in [3.63, 3.8) is 0 Å². The molecule has 0 aromatic rings. The van der Waals surface area contributed by atoms with Crippen molar-refractivity contribution in [2.75, 3.05) is 39.4 Å². The van der Waals surface area contributed by atoms with Gasteiger partial charge < -0.3 is 21.2 Å². The maximum absolute atomic E-state index is 12.5. The number of carbonyl (C=O) groups excluding carboxylic acids is 2. The van der Waals surface area contributed by atoms with Crippen LogP contribution in [0, 0.1) is 22.0 Å². The van der Waals surface area contributed by atoms with Gasteiger partial charge in [-0.2, -0.15) is 0 Å². The van der Waals surface area contributed by atoms with Crippen molar-refractivity contribution in [1.29, 1.82) is 0 Å². The van der Waals surface area contributed by atoms with Crippen LogP contribution in [-0.4, -0.2) is 78.3 Å². The van der Waals surface area contributed by atoms with Gasteiger partial charge in [-0.05, 0) is 37.4 Å². The number of urea groups is 1. The highest BCUT2D eigenvalue weighted by Crippen LogP contribution is 2.36. The highest BCUT2D eigenvalue weighted by Gasteiger charge is 2.43. The Balaban J connectivity index is 1.52. The van der Waals surface area contributed by atoms with E-state index in [0.29, 0.717) is 25.1 Å². The number of ether oxygens (including phenoxy) is 1. The molecule has 3 aliphatic rings. The lowest BCUT2D eigenvalue weighted by Crippen LogP contribution is -2.47. The van der Waals surface area contributed by atoms with Crippen LogP contribution in [0.15, 0.2) is 26.9 Å². The van der Waals surface area contributed by atoms with Crippen LogP contribution in [-0.2, 0) is 9.53 Å². The fourth-order valence-corrected chi connectivity index (χ4v) is 4.93. The van der Waals surface area contributed by atoms with Crippen molar-refractivity contribution >= 4 is 29.6 Å². The Morgan fingerprint density at radius 1 is 1.34 bits per heavy atom. The van der Waals surface area contributed by atoms with Crippen LogP contribution < -0.4 is 16.5 Å². The number of hydrogen-bond donors (Lipinski definition) is 3. The molecule has 0 saturated carbocycles. The predicted molar refractivity (Wildman–Crippen MR) is 117 cm³/mol. The Labute approximate surface area is 189 Å². The molecule has 4 N–H and O–H groups in total. The first-order valence-electron chi connectivity index (χ1n) is 10.5. The van der Waals surface area contributed by atoms with E-state index in [9.17, 15) is 19.7 Å². The lowest BCUT2D eigenvalue weighted by Gasteiger charge is -2.26. The summed E-state index contributed by atoms with van der Waals surface area (Å²) in [6, 6.07) is -1.15. The Hall–Kier alpha value is -2.58. The molecule has 2 aliphatic heterocycles.